The number of anilines is 1. The van der Waals surface area contributed by atoms with Gasteiger partial charge in [0.2, 0.25) is 5.88 Å². The molecule has 0 fully saturated rings. The van der Waals surface area contributed by atoms with Gasteiger partial charge in [0.15, 0.2) is 5.69 Å². The molecule has 1 amide bonds. The van der Waals surface area contributed by atoms with E-state index in [1.807, 2.05) is 60.0 Å². The van der Waals surface area contributed by atoms with E-state index in [1.54, 1.807) is 0 Å². The Balaban J connectivity index is 1.75. The second-order valence-corrected chi connectivity index (χ2v) is 7.36. The topological polar surface area (TPSA) is 83.4 Å². The molecule has 158 valence electrons. The minimum absolute atomic E-state index is 0.0390. The van der Waals surface area contributed by atoms with Crippen LogP contribution in [0.1, 0.15) is 19.4 Å². The number of hydrogen-bond acceptors (Lipinski definition) is 4. The normalized spacial score (nSPS) is 11.6. The third-order valence-corrected chi connectivity index (χ3v) is 5.36. The Labute approximate surface area is 177 Å². The molecule has 2 aromatic carbocycles. The van der Waals surface area contributed by atoms with Crippen LogP contribution in [0.4, 0.5) is 11.4 Å². The summed E-state index contributed by atoms with van der Waals surface area (Å²) in [7, 11) is 0. The van der Waals surface area contributed by atoms with E-state index in [4.69, 9.17) is 0 Å². The van der Waals surface area contributed by atoms with Crippen LogP contribution in [0.3, 0.4) is 0 Å². The van der Waals surface area contributed by atoms with Crippen molar-refractivity contribution >= 4 is 28.2 Å². The standard InChI is InChI=1S/C23H29N5O2/c1-4-27(5-2)14-15-28-20-9-7-6-8-19(20)22(23(28)30)26-25-21(29)16-24-18-12-10-17(3)11-13-18/h6-13,24,30H,4-5,14-16H2,1-3H3/p+1. The van der Waals surface area contributed by atoms with Crippen molar-refractivity contribution in [1.82, 2.24) is 4.57 Å². The molecule has 0 radical (unpaired) electrons. The minimum Gasteiger partial charge on any atom is -0.493 e. The first kappa shape index (κ1) is 21.5. The van der Waals surface area contributed by atoms with Crippen molar-refractivity contribution in [3.05, 3.63) is 54.1 Å². The lowest BCUT2D eigenvalue weighted by molar-refractivity contribution is -0.897. The molecule has 0 unspecified atom stereocenters. The van der Waals surface area contributed by atoms with Crippen LogP contribution in [-0.2, 0) is 11.3 Å². The number of fused-ring (bicyclic) bond motifs is 1. The van der Waals surface area contributed by atoms with Crippen LogP contribution in [0.5, 0.6) is 5.88 Å². The number of benzene rings is 2. The molecule has 30 heavy (non-hydrogen) atoms. The first-order chi connectivity index (χ1) is 14.5. The third kappa shape index (κ3) is 5.04. The van der Waals surface area contributed by atoms with E-state index in [2.05, 4.69) is 29.4 Å². The number of aromatic hydroxyl groups is 1. The van der Waals surface area contributed by atoms with Gasteiger partial charge in [-0.1, -0.05) is 35.9 Å². The van der Waals surface area contributed by atoms with E-state index in [9.17, 15) is 9.90 Å². The van der Waals surface area contributed by atoms with Gasteiger partial charge in [0.25, 0.3) is 5.91 Å². The summed E-state index contributed by atoms with van der Waals surface area (Å²) in [4.78, 5) is 13.6. The predicted molar refractivity (Wildman–Crippen MR) is 120 cm³/mol. The summed E-state index contributed by atoms with van der Waals surface area (Å²) >= 11 is 0. The monoisotopic (exact) mass is 408 g/mol. The van der Waals surface area contributed by atoms with Gasteiger partial charge in [-0.25, -0.2) is 0 Å². The zero-order valence-electron chi connectivity index (χ0n) is 17.9. The first-order valence-electron chi connectivity index (χ1n) is 10.4. The molecule has 1 heterocycles. The average molecular weight is 409 g/mol. The van der Waals surface area contributed by atoms with Crippen LogP contribution in [-0.4, -0.2) is 41.8 Å². The maximum Gasteiger partial charge on any atom is 0.283 e. The fourth-order valence-corrected chi connectivity index (χ4v) is 3.46. The Morgan fingerprint density at radius 3 is 2.50 bits per heavy atom. The largest absolute Gasteiger partial charge is 0.493 e. The number of rotatable bonds is 9. The highest BCUT2D eigenvalue weighted by atomic mass is 16.3. The molecule has 3 N–H and O–H groups in total. The van der Waals surface area contributed by atoms with Crippen LogP contribution in [0.15, 0.2) is 58.8 Å². The summed E-state index contributed by atoms with van der Waals surface area (Å²) < 4.78 is 1.85. The van der Waals surface area contributed by atoms with Crippen LogP contribution >= 0.6 is 0 Å². The summed E-state index contributed by atoms with van der Waals surface area (Å²) in [6.07, 6.45) is 0. The van der Waals surface area contributed by atoms with Gasteiger partial charge in [-0.05, 0) is 39.0 Å². The number of nitrogens with one attached hydrogen (secondary N) is 2. The molecule has 0 aliphatic rings. The van der Waals surface area contributed by atoms with Crippen molar-refractivity contribution in [2.75, 3.05) is 31.5 Å². The van der Waals surface area contributed by atoms with E-state index < -0.39 is 5.91 Å². The lowest BCUT2D eigenvalue weighted by Crippen LogP contribution is -3.11. The summed E-state index contributed by atoms with van der Waals surface area (Å²) in [5.41, 5.74) is 3.23. The first-order valence-corrected chi connectivity index (χ1v) is 10.4. The molecular weight excluding hydrogens is 378 g/mol. The second kappa shape index (κ2) is 10.0. The number of aryl methyl sites for hydroxylation is 1. The maximum atomic E-state index is 12.2. The molecule has 1 aromatic heterocycles. The van der Waals surface area contributed by atoms with Gasteiger partial charge in [0.05, 0.1) is 38.2 Å². The summed E-state index contributed by atoms with van der Waals surface area (Å²) in [5, 5.41) is 22.5. The number of nitrogens with zero attached hydrogens (tertiary/aromatic N) is 3. The van der Waals surface area contributed by atoms with Crippen molar-refractivity contribution in [3.63, 3.8) is 0 Å². The van der Waals surface area contributed by atoms with Crippen molar-refractivity contribution in [1.29, 1.82) is 0 Å². The lowest BCUT2D eigenvalue weighted by atomic mass is 10.2. The molecule has 7 nitrogen and oxygen atoms in total. The summed E-state index contributed by atoms with van der Waals surface area (Å²) in [6, 6.07) is 15.4. The minimum atomic E-state index is -0.403. The maximum absolute atomic E-state index is 12.2. The van der Waals surface area contributed by atoms with Crippen LogP contribution < -0.4 is 10.2 Å². The fraction of sp³-hybridized carbons (Fsp3) is 0.348. The molecular formula is C23H30N5O2+. The number of carbonyl (C=O) groups is 1. The number of aromatic nitrogens is 1. The van der Waals surface area contributed by atoms with Crippen LogP contribution in [0.2, 0.25) is 0 Å². The van der Waals surface area contributed by atoms with Crippen molar-refractivity contribution in [2.45, 2.75) is 27.3 Å². The van der Waals surface area contributed by atoms with Gasteiger partial charge in [-0.3, -0.25) is 4.79 Å². The number of para-hydroxylation sites is 1. The summed E-state index contributed by atoms with van der Waals surface area (Å²) in [5.74, 6) is -0.356. The molecule has 3 aromatic rings. The van der Waals surface area contributed by atoms with Gasteiger partial charge in [0.1, 0.15) is 0 Å². The van der Waals surface area contributed by atoms with Gasteiger partial charge in [-0.15, -0.1) is 10.2 Å². The molecule has 7 heteroatoms. The highest BCUT2D eigenvalue weighted by molar-refractivity contribution is 5.95. The number of likely N-dealkylation sites (N-methyl/N-ethyl adjacent to an activating group) is 1. The van der Waals surface area contributed by atoms with E-state index in [0.29, 0.717) is 12.2 Å². The van der Waals surface area contributed by atoms with Gasteiger partial charge in [0, 0.05) is 11.1 Å². The van der Waals surface area contributed by atoms with E-state index in [1.165, 1.54) is 4.90 Å². The Bertz CT molecular complexity index is 1020. The molecule has 0 bridgehead atoms. The quantitative estimate of drug-likeness (QED) is 0.475. The van der Waals surface area contributed by atoms with Gasteiger partial charge in [-0.2, -0.15) is 0 Å². The van der Waals surface area contributed by atoms with Crippen molar-refractivity contribution in [3.8, 4) is 5.88 Å². The molecule has 3 rings (SSSR count). The highest BCUT2D eigenvalue weighted by Gasteiger charge is 2.17. The average Bonchev–Trinajstić information content (AvgIpc) is 3.03. The highest BCUT2D eigenvalue weighted by Crippen LogP contribution is 2.38. The molecule has 0 saturated heterocycles. The van der Waals surface area contributed by atoms with E-state index >= 15 is 0 Å². The third-order valence-electron chi connectivity index (χ3n) is 5.36. The molecule has 0 atom stereocenters. The molecule has 0 aliphatic carbocycles. The number of azo groups is 1. The lowest BCUT2D eigenvalue weighted by Gasteiger charge is -2.16. The van der Waals surface area contributed by atoms with Crippen molar-refractivity contribution < 1.29 is 14.8 Å². The number of hydrogen-bond donors (Lipinski definition) is 3. The van der Waals surface area contributed by atoms with E-state index in [-0.39, 0.29) is 12.4 Å². The number of amides is 1. The van der Waals surface area contributed by atoms with Gasteiger partial charge < -0.3 is 19.9 Å². The van der Waals surface area contributed by atoms with Crippen LogP contribution in [0, 0.1) is 6.92 Å². The Morgan fingerprint density at radius 2 is 1.80 bits per heavy atom. The number of carbonyl (C=O) groups excluding carboxylic acids is 1. The second-order valence-electron chi connectivity index (χ2n) is 7.36. The number of quaternary nitrogens is 1. The van der Waals surface area contributed by atoms with Gasteiger partial charge >= 0.3 is 0 Å². The van der Waals surface area contributed by atoms with Crippen LogP contribution in [0.25, 0.3) is 10.9 Å². The predicted octanol–water partition coefficient (Wildman–Crippen LogP) is 3.30. The Hall–Kier alpha value is -3.19. The zero-order valence-corrected chi connectivity index (χ0v) is 17.9. The van der Waals surface area contributed by atoms with E-state index in [0.717, 1.165) is 41.8 Å². The zero-order chi connectivity index (χ0) is 21.5. The Morgan fingerprint density at radius 1 is 1.10 bits per heavy atom. The smallest absolute Gasteiger partial charge is 0.283 e. The fourth-order valence-electron chi connectivity index (χ4n) is 3.46. The molecule has 0 aliphatic heterocycles. The molecule has 0 spiro atoms. The summed E-state index contributed by atoms with van der Waals surface area (Å²) in [6.45, 7) is 9.99. The van der Waals surface area contributed by atoms with Crippen molar-refractivity contribution in [2.24, 2.45) is 10.2 Å². The Kier molecular flexibility index (Phi) is 7.19. The SMILES string of the molecule is CC[NH+](CC)CCn1c(O)c(N=NC(=O)CNc2ccc(C)cc2)c2ccccc21. The molecule has 0 saturated carbocycles.